The van der Waals surface area contributed by atoms with Crippen LogP contribution >= 0.6 is 11.8 Å². The third-order valence-electron chi connectivity index (χ3n) is 4.82. The highest BCUT2D eigenvalue weighted by molar-refractivity contribution is 7.99. The van der Waals surface area contributed by atoms with Gasteiger partial charge >= 0.3 is 0 Å². The highest BCUT2D eigenvalue weighted by atomic mass is 32.2. The molecule has 1 amide bonds. The zero-order chi connectivity index (χ0) is 18.2. The molecule has 5 heteroatoms. The van der Waals surface area contributed by atoms with Gasteiger partial charge in [0.1, 0.15) is 5.76 Å². The van der Waals surface area contributed by atoms with E-state index >= 15 is 0 Å². The number of rotatable bonds is 8. The monoisotopic (exact) mass is 372 g/mol. The van der Waals surface area contributed by atoms with Gasteiger partial charge in [0.25, 0.3) is 0 Å². The van der Waals surface area contributed by atoms with E-state index in [0.717, 1.165) is 24.6 Å². The van der Waals surface area contributed by atoms with Gasteiger partial charge in [-0.05, 0) is 50.6 Å². The van der Waals surface area contributed by atoms with Crippen molar-refractivity contribution in [3.05, 3.63) is 59.5 Å². The molecular formula is C21H28N2O2S. The van der Waals surface area contributed by atoms with E-state index in [0.29, 0.717) is 12.3 Å². The Morgan fingerprint density at radius 1 is 1.19 bits per heavy atom. The van der Waals surface area contributed by atoms with Crippen molar-refractivity contribution in [1.82, 2.24) is 10.2 Å². The Hall–Kier alpha value is -1.72. The van der Waals surface area contributed by atoms with Crippen LogP contribution in [0.2, 0.25) is 0 Å². The molecule has 0 bridgehead atoms. The molecule has 1 atom stereocenters. The lowest BCUT2D eigenvalue weighted by Crippen LogP contribution is -2.40. The maximum Gasteiger partial charge on any atom is 0.230 e. The number of hydrogen-bond acceptors (Lipinski definition) is 4. The predicted molar refractivity (Wildman–Crippen MR) is 107 cm³/mol. The first-order valence-electron chi connectivity index (χ1n) is 9.40. The van der Waals surface area contributed by atoms with Crippen LogP contribution in [0.25, 0.3) is 0 Å². The Labute approximate surface area is 160 Å². The molecule has 2 heterocycles. The highest BCUT2D eigenvalue weighted by Gasteiger charge is 2.24. The quantitative estimate of drug-likeness (QED) is 0.756. The van der Waals surface area contributed by atoms with Gasteiger partial charge in [-0.1, -0.05) is 36.2 Å². The molecule has 1 aromatic heterocycles. The summed E-state index contributed by atoms with van der Waals surface area (Å²) in [5.41, 5.74) is 2.52. The van der Waals surface area contributed by atoms with E-state index in [9.17, 15) is 4.79 Å². The third-order valence-corrected chi connectivity index (χ3v) is 5.82. The number of hydrogen-bond donors (Lipinski definition) is 1. The molecule has 1 aliphatic heterocycles. The van der Waals surface area contributed by atoms with Gasteiger partial charge in [0.15, 0.2) is 0 Å². The second-order valence-corrected chi connectivity index (χ2v) is 7.90. The molecule has 1 saturated heterocycles. The average Bonchev–Trinajstić information content (AvgIpc) is 3.19. The van der Waals surface area contributed by atoms with Crippen LogP contribution in [-0.2, 0) is 10.5 Å². The Kier molecular flexibility index (Phi) is 7.21. The molecular weight excluding hydrogens is 344 g/mol. The number of aryl methyl sites for hydroxylation is 1. The van der Waals surface area contributed by atoms with Crippen molar-refractivity contribution in [1.29, 1.82) is 0 Å². The number of amides is 1. The van der Waals surface area contributed by atoms with Crippen LogP contribution in [0.5, 0.6) is 0 Å². The van der Waals surface area contributed by atoms with Crippen LogP contribution < -0.4 is 5.32 Å². The molecule has 2 aromatic rings. The van der Waals surface area contributed by atoms with Gasteiger partial charge in [0.05, 0.1) is 18.1 Å². The number of benzene rings is 1. The van der Waals surface area contributed by atoms with Gasteiger partial charge in [0, 0.05) is 12.3 Å². The zero-order valence-electron chi connectivity index (χ0n) is 15.4. The van der Waals surface area contributed by atoms with E-state index in [4.69, 9.17) is 4.42 Å². The molecule has 4 nitrogen and oxygen atoms in total. The standard InChI is InChI=1S/C21H28N2O2S/c1-17-7-9-18(10-8-17)15-26-16-21(24)22-14-19(20-6-5-13-25-20)23-11-3-2-4-12-23/h5-10,13,19H,2-4,11-12,14-16H2,1H3,(H,22,24). The van der Waals surface area contributed by atoms with E-state index in [1.54, 1.807) is 18.0 Å². The SMILES string of the molecule is Cc1ccc(CSCC(=O)NCC(c2ccco2)N2CCCCC2)cc1. The molecule has 140 valence electrons. The summed E-state index contributed by atoms with van der Waals surface area (Å²) in [4.78, 5) is 14.7. The number of carbonyl (C=O) groups is 1. The first kappa shape index (κ1) is 19.1. The summed E-state index contributed by atoms with van der Waals surface area (Å²) in [6.07, 6.45) is 5.45. The number of nitrogens with zero attached hydrogens (tertiary/aromatic N) is 1. The van der Waals surface area contributed by atoms with Gasteiger partial charge in [-0.15, -0.1) is 11.8 Å². The number of piperidine rings is 1. The molecule has 1 N–H and O–H groups in total. The Morgan fingerprint density at radius 2 is 1.96 bits per heavy atom. The summed E-state index contributed by atoms with van der Waals surface area (Å²) in [5.74, 6) is 2.38. The molecule has 1 aliphatic rings. The summed E-state index contributed by atoms with van der Waals surface area (Å²) >= 11 is 1.66. The van der Waals surface area contributed by atoms with Gasteiger partial charge < -0.3 is 9.73 Å². The summed E-state index contributed by atoms with van der Waals surface area (Å²) < 4.78 is 5.63. The van der Waals surface area contributed by atoms with E-state index < -0.39 is 0 Å². The largest absolute Gasteiger partial charge is 0.468 e. The van der Waals surface area contributed by atoms with Crippen molar-refractivity contribution in [3.63, 3.8) is 0 Å². The topological polar surface area (TPSA) is 45.5 Å². The third kappa shape index (κ3) is 5.64. The van der Waals surface area contributed by atoms with Crippen LogP contribution in [-0.4, -0.2) is 36.2 Å². The fraction of sp³-hybridized carbons (Fsp3) is 0.476. The first-order chi connectivity index (χ1) is 12.7. The lowest BCUT2D eigenvalue weighted by atomic mass is 10.1. The first-order valence-corrected chi connectivity index (χ1v) is 10.6. The molecule has 0 spiro atoms. The second-order valence-electron chi connectivity index (χ2n) is 6.91. The Morgan fingerprint density at radius 3 is 2.65 bits per heavy atom. The Bertz CT molecular complexity index is 664. The van der Waals surface area contributed by atoms with Gasteiger partial charge in [-0.25, -0.2) is 0 Å². The minimum atomic E-state index is 0.0932. The maximum absolute atomic E-state index is 12.3. The smallest absolute Gasteiger partial charge is 0.230 e. The highest BCUT2D eigenvalue weighted by Crippen LogP contribution is 2.24. The fourth-order valence-corrected chi connectivity index (χ4v) is 4.15. The van der Waals surface area contributed by atoms with Crippen LogP contribution in [0, 0.1) is 6.92 Å². The second kappa shape index (κ2) is 9.83. The molecule has 0 radical (unpaired) electrons. The van der Waals surface area contributed by atoms with Crippen molar-refractivity contribution in [2.45, 2.75) is 38.0 Å². The summed E-state index contributed by atoms with van der Waals surface area (Å²) in [7, 11) is 0. The fourth-order valence-electron chi connectivity index (χ4n) is 3.33. The van der Waals surface area contributed by atoms with Crippen LogP contribution in [0.1, 0.15) is 42.2 Å². The lowest BCUT2D eigenvalue weighted by molar-refractivity contribution is -0.118. The molecule has 26 heavy (non-hydrogen) atoms. The lowest BCUT2D eigenvalue weighted by Gasteiger charge is -2.33. The van der Waals surface area contributed by atoms with Crippen molar-refractivity contribution in [3.8, 4) is 0 Å². The normalized spacial score (nSPS) is 16.3. The Balaban J connectivity index is 1.45. The number of carbonyl (C=O) groups excluding carboxylic acids is 1. The summed E-state index contributed by atoms with van der Waals surface area (Å²) in [5, 5.41) is 3.10. The zero-order valence-corrected chi connectivity index (χ0v) is 16.3. The minimum absolute atomic E-state index is 0.0932. The molecule has 0 saturated carbocycles. The molecule has 1 aromatic carbocycles. The molecule has 1 unspecified atom stereocenters. The van der Waals surface area contributed by atoms with Crippen molar-refractivity contribution in [2.75, 3.05) is 25.4 Å². The van der Waals surface area contributed by atoms with Gasteiger partial charge in [-0.2, -0.15) is 0 Å². The number of nitrogens with one attached hydrogen (secondary N) is 1. The molecule has 1 fully saturated rings. The maximum atomic E-state index is 12.3. The predicted octanol–water partition coefficient (Wildman–Crippen LogP) is 4.16. The van der Waals surface area contributed by atoms with E-state index in [1.807, 2.05) is 12.1 Å². The van der Waals surface area contributed by atoms with Crippen molar-refractivity contribution in [2.24, 2.45) is 0 Å². The van der Waals surface area contributed by atoms with E-state index in [1.165, 1.54) is 30.4 Å². The van der Waals surface area contributed by atoms with Gasteiger partial charge in [-0.3, -0.25) is 9.69 Å². The van der Waals surface area contributed by atoms with E-state index in [-0.39, 0.29) is 11.9 Å². The van der Waals surface area contributed by atoms with E-state index in [2.05, 4.69) is 41.4 Å². The van der Waals surface area contributed by atoms with Crippen LogP contribution in [0.3, 0.4) is 0 Å². The average molecular weight is 373 g/mol. The summed E-state index contributed by atoms with van der Waals surface area (Å²) in [6, 6.07) is 12.6. The van der Waals surface area contributed by atoms with Crippen LogP contribution in [0.15, 0.2) is 47.1 Å². The number of thioether (sulfide) groups is 1. The van der Waals surface area contributed by atoms with Crippen molar-refractivity contribution >= 4 is 17.7 Å². The van der Waals surface area contributed by atoms with Crippen LogP contribution in [0.4, 0.5) is 0 Å². The number of likely N-dealkylation sites (tertiary alicyclic amines) is 1. The molecule has 0 aliphatic carbocycles. The number of furan rings is 1. The van der Waals surface area contributed by atoms with Crippen molar-refractivity contribution < 1.29 is 9.21 Å². The summed E-state index contributed by atoms with van der Waals surface area (Å²) in [6.45, 7) is 4.84. The molecule has 3 rings (SSSR count). The minimum Gasteiger partial charge on any atom is -0.468 e. The van der Waals surface area contributed by atoms with Gasteiger partial charge in [0.2, 0.25) is 5.91 Å².